The zero-order valence-electron chi connectivity index (χ0n) is 7.11. The lowest BCUT2D eigenvalue weighted by Gasteiger charge is -2.02. The maximum absolute atomic E-state index is 5.82. The summed E-state index contributed by atoms with van der Waals surface area (Å²) in [7, 11) is 0. The first-order valence-corrected chi connectivity index (χ1v) is 5.44. The molecule has 2 rings (SSSR count). The van der Waals surface area contributed by atoms with E-state index in [4.69, 9.17) is 11.6 Å². The van der Waals surface area contributed by atoms with Crippen LogP contribution >= 0.6 is 34.2 Å². The van der Waals surface area contributed by atoms with E-state index in [0.29, 0.717) is 5.02 Å². The van der Waals surface area contributed by atoms with E-state index in [-0.39, 0.29) is 0 Å². The average Bonchev–Trinajstić information content (AvgIpc) is 2.19. The normalized spacial score (nSPS) is 10.1. The van der Waals surface area contributed by atoms with E-state index < -0.39 is 0 Å². The molecule has 0 aliphatic heterocycles. The molecule has 0 N–H and O–H groups in total. The number of rotatable bonds is 1. The fourth-order valence-corrected chi connectivity index (χ4v) is 2.26. The van der Waals surface area contributed by atoms with Crippen LogP contribution in [0.1, 0.15) is 0 Å². The molecule has 0 fully saturated rings. The summed E-state index contributed by atoms with van der Waals surface area (Å²) in [6, 6.07) is 5.75. The summed E-state index contributed by atoms with van der Waals surface area (Å²) >= 11 is 8.04. The van der Waals surface area contributed by atoms with Crippen molar-refractivity contribution < 1.29 is 0 Å². The Kier molecular flexibility index (Phi) is 2.98. The molecule has 2 nitrogen and oxygen atoms in total. The molecule has 14 heavy (non-hydrogen) atoms. The standard InChI is InChI=1S/C10H6ClIN2/c11-8-4-9(12)10(14-6-8)7-2-1-3-13-5-7/h1-6H. The second kappa shape index (κ2) is 4.23. The fourth-order valence-electron chi connectivity index (χ4n) is 1.13. The fraction of sp³-hybridized carbons (Fsp3) is 0. The molecule has 70 valence electrons. The Labute approximate surface area is 100 Å². The minimum Gasteiger partial charge on any atom is -0.264 e. The highest BCUT2D eigenvalue weighted by Crippen LogP contribution is 2.24. The van der Waals surface area contributed by atoms with Crippen LogP contribution in [0.5, 0.6) is 0 Å². The number of nitrogens with zero attached hydrogens (tertiary/aromatic N) is 2. The van der Waals surface area contributed by atoms with Crippen molar-refractivity contribution in [2.24, 2.45) is 0 Å². The van der Waals surface area contributed by atoms with Gasteiger partial charge in [0.15, 0.2) is 0 Å². The van der Waals surface area contributed by atoms with Crippen LogP contribution in [0.25, 0.3) is 11.3 Å². The quantitative estimate of drug-likeness (QED) is 0.754. The van der Waals surface area contributed by atoms with Crippen LogP contribution in [0.3, 0.4) is 0 Å². The number of hydrogen-bond donors (Lipinski definition) is 0. The third-order valence-corrected chi connectivity index (χ3v) is 2.77. The summed E-state index contributed by atoms with van der Waals surface area (Å²) in [6.07, 6.45) is 5.18. The Morgan fingerprint density at radius 3 is 2.79 bits per heavy atom. The molecule has 0 aliphatic carbocycles. The first-order valence-electron chi connectivity index (χ1n) is 3.99. The number of halogens is 2. The van der Waals surface area contributed by atoms with Gasteiger partial charge >= 0.3 is 0 Å². The molecule has 2 heterocycles. The molecule has 0 bridgehead atoms. The van der Waals surface area contributed by atoms with Crippen molar-refractivity contribution in [3.63, 3.8) is 0 Å². The summed E-state index contributed by atoms with van der Waals surface area (Å²) in [5, 5.41) is 0.655. The van der Waals surface area contributed by atoms with Gasteiger partial charge in [0, 0.05) is 27.7 Å². The highest BCUT2D eigenvalue weighted by molar-refractivity contribution is 14.1. The maximum Gasteiger partial charge on any atom is 0.0851 e. The lowest BCUT2D eigenvalue weighted by molar-refractivity contribution is 1.27. The largest absolute Gasteiger partial charge is 0.264 e. The average molecular weight is 317 g/mol. The van der Waals surface area contributed by atoms with Crippen LogP contribution in [0, 0.1) is 3.57 Å². The van der Waals surface area contributed by atoms with Crippen molar-refractivity contribution in [3.8, 4) is 11.3 Å². The van der Waals surface area contributed by atoms with Crippen LogP contribution in [-0.2, 0) is 0 Å². The Morgan fingerprint density at radius 2 is 2.14 bits per heavy atom. The first kappa shape index (κ1) is 9.86. The Bertz CT molecular complexity index is 445. The predicted molar refractivity (Wildman–Crippen MR) is 65.2 cm³/mol. The van der Waals surface area contributed by atoms with Gasteiger partial charge in [-0.15, -0.1) is 0 Å². The number of hydrogen-bond acceptors (Lipinski definition) is 2. The van der Waals surface area contributed by atoms with Crippen LogP contribution in [-0.4, -0.2) is 9.97 Å². The molecule has 0 saturated heterocycles. The summed E-state index contributed by atoms with van der Waals surface area (Å²) in [5.74, 6) is 0. The molecule has 0 radical (unpaired) electrons. The van der Waals surface area contributed by atoms with Crippen LogP contribution in [0.15, 0.2) is 36.8 Å². The van der Waals surface area contributed by atoms with Gasteiger partial charge in [0.25, 0.3) is 0 Å². The van der Waals surface area contributed by atoms with E-state index >= 15 is 0 Å². The van der Waals surface area contributed by atoms with Gasteiger partial charge in [-0.25, -0.2) is 0 Å². The Hall–Kier alpha value is -0.680. The van der Waals surface area contributed by atoms with Gasteiger partial charge < -0.3 is 0 Å². The number of aromatic nitrogens is 2. The Morgan fingerprint density at radius 1 is 1.29 bits per heavy atom. The van der Waals surface area contributed by atoms with Gasteiger partial charge in [0.05, 0.1) is 10.7 Å². The monoisotopic (exact) mass is 316 g/mol. The summed E-state index contributed by atoms with van der Waals surface area (Å²) in [6.45, 7) is 0. The lowest BCUT2D eigenvalue weighted by atomic mass is 10.2. The summed E-state index contributed by atoms with van der Waals surface area (Å²) in [4.78, 5) is 8.32. The van der Waals surface area contributed by atoms with E-state index in [9.17, 15) is 0 Å². The summed E-state index contributed by atoms with van der Waals surface area (Å²) < 4.78 is 1.03. The molecule has 0 aliphatic rings. The predicted octanol–water partition coefficient (Wildman–Crippen LogP) is 3.40. The van der Waals surface area contributed by atoms with Gasteiger partial charge in [-0.2, -0.15) is 0 Å². The third-order valence-electron chi connectivity index (χ3n) is 1.74. The van der Waals surface area contributed by atoms with Gasteiger partial charge in [-0.1, -0.05) is 11.6 Å². The zero-order chi connectivity index (χ0) is 9.97. The molecule has 0 spiro atoms. The molecule has 0 unspecified atom stereocenters. The van der Waals surface area contributed by atoms with E-state index in [2.05, 4.69) is 32.6 Å². The lowest BCUT2D eigenvalue weighted by Crippen LogP contribution is -1.88. The van der Waals surface area contributed by atoms with Gasteiger partial charge in [-0.3, -0.25) is 9.97 Å². The van der Waals surface area contributed by atoms with Gasteiger partial charge in [-0.05, 0) is 40.8 Å². The molecule has 0 amide bonds. The molecule has 2 aromatic rings. The van der Waals surface area contributed by atoms with Crippen molar-refractivity contribution in [2.75, 3.05) is 0 Å². The second-order valence-corrected chi connectivity index (χ2v) is 4.32. The minimum atomic E-state index is 0.655. The van der Waals surface area contributed by atoms with E-state index in [1.54, 1.807) is 18.6 Å². The first-order chi connectivity index (χ1) is 6.77. The number of pyridine rings is 2. The minimum absolute atomic E-state index is 0.655. The SMILES string of the molecule is Clc1cnc(-c2cccnc2)c(I)c1. The van der Waals surface area contributed by atoms with Crippen molar-refractivity contribution >= 4 is 34.2 Å². The highest BCUT2D eigenvalue weighted by atomic mass is 127. The second-order valence-electron chi connectivity index (χ2n) is 2.73. The molecule has 0 saturated carbocycles. The maximum atomic E-state index is 5.82. The molecule has 2 aromatic heterocycles. The Balaban J connectivity index is 2.53. The van der Waals surface area contributed by atoms with Crippen molar-refractivity contribution in [3.05, 3.63) is 45.4 Å². The van der Waals surface area contributed by atoms with Crippen LogP contribution in [0.4, 0.5) is 0 Å². The highest BCUT2D eigenvalue weighted by Gasteiger charge is 2.04. The van der Waals surface area contributed by atoms with Crippen molar-refractivity contribution in [2.45, 2.75) is 0 Å². The topological polar surface area (TPSA) is 25.8 Å². The van der Waals surface area contributed by atoms with Crippen molar-refractivity contribution in [1.82, 2.24) is 9.97 Å². The van der Waals surface area contributed by atoms with Crippen LogP contribution in [0.2, 0.25) is 5.02 Å². The van der Waals surface area contributed by atoms with E-state index in [0.717, 1.165) is 14.8 Å². The van der Waals surface area contributed by atoms with E-state index in [1.165, 1.54) is 0 Å². The smallest absolute Gasteiger partial charge is 0.0851 e. The van der Waals surface area contributed by atoms with Gasteiger partial charge in [0.2, 0.25) is 0 Å². The zero-order valence-corrected chi connectivity index (χ0v) is 10.0. The van der Waals surface area contributed by atoms with Crippen LogP contribution < -0.4 is 0 Å². The summed E-state index contributed by atoms with van der Waals surface area (Å²) in [5.41, 5.74) is 1.93. The molecular weight excluding hydrogens is 310 g/mol. The molecular formula is C10H6ClIN2. The van der Waals surface area contributed by atoms with Crippen molar-refractivity contribution in [1.29, 1.82) is 0 Å². The molecule has 0 atom stereocenters. The van der Waals surface area contributed by atoms with E-state index in [1.807, 2.05) is 18.2 Å². The molecule has 4 heteroatoms. The molecule has 0 aromatic carbocycles. The third kappa shape index (κ3) is 2.04. The van der Waals surface area contributed by atoms with Gasteiger partial charge in [0.1, 0.15) is 0 Å².